The smallest absolute Gasteiger partial charge is 0.236 e. The van der Waals surface area contributed by atoms with Crippen LogP contribution in [-0.4, -0.2) is 36.5 Å². The summed E-state index contributed by atoms with van der Waals surface area (Å²) in [7, 11) is 0. The lowest BCUT2D eigenvalue weighted by Crippen LogP contribution is -2.46. The van der Waals surface area contributed by atoms with E-state index in [0.29, 0.717) is 22.3 Å². The molecule has 6 heteroatoms. The number of piperidine rings is 1. The number of amides is 1. The van der Waals surface area contributed by atoms with E-state index in [0.717, 1.165) is 19.4 Å². The molecule has 0 spiro atoms. The van der Waals surface area contributed by atoms with Crippen LogP contribution in [0.5, 0.6) is 5.75 Å². The second-order valence-corrected chi connectivity index (χ2v) is 5.34. The minimum Gasteiger partial charge on any atom is -0.487 e. The normalized spacial score (nSPS) is 19.3. The third-order valence-corrected chi connectivity index (χ3v) is 3.62. The second-order valence-electron chi connectivity index (χ2n) is 4.50. The van der Waals surface area contributed by atoms with E-state index in [1.54, 1.807) is 23.1 Å². The zero-order valence-corrected chi connectivity index (χ0v) is 12.0. The number of nitrogens with zero attached hydrogens (tertiary/aromatic N) is 1. The average Bonchev–Trinajstić information content (AvgIpc) is 2.41. The number of carbonyl (C=O) groups is 1. The maximum Gasteiger partial charge on any atom is 0.236 e. The Labute approximate surface area is 122 Å². The minimum absolute atomic E-state index is 0.0361. The summed E-state index contributed by atoms with van der Waals surface area (Å²) in [6.07, 6.45) is 1.75. The van der Waals surface area contributed by atoms with Crippen molar-refractivity contribution in [3.8, 4) is 5.75 Å². The highest BCUT2D eigenvalue weighted by atomic mass is 35.5. The maximum atomic E-state index is 11.6. The number of likely N-dealkylation sites (tertiary alicyclic amines) is 1. The molecule has 1 aliphatic rings. The van der Waals surface area contributed by atoms with E-state index in [1.807, 2.05) is 0 Å². The third kappa shape index (κ3) is 3.75. The summed E-state index contributed by atoms with van der Waals surface area (Å²) in [4.78, 5) is 13.3. The van der Waals surface area contributed by atoms with E-state index in [9.17, 15) is 4.79 Å². The summed E-state index contributed by atoms with van der Waals surface area (Å²) < 4.78 is 5.84. The molecule has 2 N–H and O–H groups in total. The Kier molecular flexibility index (Phi) is 4.91. The van der Waals surface area contributed by atoms with Gasteiger partial charge in [0.1, 0.15) is 11.9 Å². The van der Waals surface area contributed by atoms with Gasteiger partial charge in [-0.1, -0.05) is 23.2 Å². The molecule has 0 bridgehead atoms. The predicted octanol–water partition coefficient (Wildman–Crippen LogP) is 2.32. The monoisotopic (exact) mass is 302 g/mol. The number of nitrogens with two attached hydrogens (primary N) is 1. The number of hydrogen-bond donors (Lipinski definition) is 1. The van der Waals surface area contributed by atoms with Gasteiger partial charge in [-0.05, 0) is 31.0 Å². The van der Waals surface area contributed by atoms with E-state index in [2.05, 4.69) is 0 Å². The van der Waals surface area contributed by atoms with Crippen LogP contribution < -0.4 is 10.5 Å². The van der Waals surface area contributed by atoms with Crippen molar-refractivity contribution in [3.63, 3.8) is 0 Å². The number of ether oxygens (including phenoxy) is 1. The molecule has 1 aromatic carbocycles. The molecule has 1 aromatic rings. The van der Waals surface area contributed by atoms with Crippen LogP contribution in [0.15, 0.2) is 18.2 Å². The fourth-order valence-electron chi connectivity index (χ4n) is 2.14. The van der Waals surface area contributed by atoms with Crippen molar-refractivity contribution in [2.45, 2.75) is 18.9 Å². The fraction of sp³-hybridized carbons (Fsp3) is 0.462. The second kappa shape index (κ2) is 6.46. The predicted molar refractivity (Wildman–Crippen MR) is 75.7 cm³/mol. The molecule has 0 aliphatic carbocycles. The number of hydrogen-bond acceptors (Lipinski definition) is 3. The van der Waals surface area contributed by atoms with E-state index >= 15 is 0 Å². The zero-order chi connectivity index (χ0) is 13.8. The number of carbonyl (C=O) groups excluding carboxylic acids is 1. The maximum absolute atomic E-state index is 11.6. The SMILES string of the molecule is NCC(=O)N1CCCC(Oc2ccc(Cl)cc2Cl)C1. The van der Waals surface area contributed by atoms with Crippen LogP contribution in [0, 0.1) is 0 Å². The largest absolute Gasteiger partial charge is 0.487 e. The van der Waals surface area contributed by atoms with Gasteiger partial charge in [0.25, 0.3) is 0 Å². The average molecular weight is 303 g/mol. The van der Waals surface area contributed by atoms with Crippen molar-refractivity contribution in [3.05, 3.63) is 28.2 Å². The Morgan fingerprint density at radius 2 is 2.26 bits per heavy atom. The van der Waals surface area contributed by atoms with Crippen molar-refractivity contribution in [2.24, 2.45) is 5.73 Å². The molecule has 1 unspecified atom stereocenters. The van der Waals surface area contributed by atoms with Crippen LogP contribution in [0.4, 0.5) is 0 Å². The van der Waals surface area contributed by atoms with Gasteiger partial charge in [0.2, 0.25) is 5.91 Å². The van der Waals surface area contributed by atoms with Gasteiger partial charge >= 0.3 is 0 Å². The molecule has 1 aliphatic heterocycles. The van der Waals surface area contributed by atoms with Gasteiger partial charge in [-0.25, -0.2) is 0 Å². The molecule has 0 radical (unpaired) electrons. The Morgan fingerprint density at radius 3 is 2.95 bits per heavy atom. The molecule has 1 heterocycles. The van der Waals surface area contributed by atoms with Gasteiger partial charge in [0.15, 0.2) is 0 Å². The first-order valence-electron chi connectivity index (χ1n) is 6.19. The molecule has 19 heavy (non-hydrogen) atoms. The van der Waals surface area contributed by atoms with Crippen molar-refractivity contribution >= 4 is 29.1 Å². The van der Waals surface area contributed by atoms with Gasteiger partial charge in [0, 0.05) is 11.6 Å². The highest BCUT2D eigenvalue weighted by Crippen LogP contribution is 2.29. The van der Waals surface area contributed by atoms with Crippen molar-refractivity contribution in [2.75, 3.05) is 19.6 Å². The van der Waals surface area contributed by atoms with E-state index in [1.165, 1.54) is 0 Å². The molecule has 1 atom stereocenters. The highest BCUT2D eigenvalue weighted by Gasteiger charge is 2.24. The molecule has 104 valence electrons. The molecular weight excluding hydrogens is 287 g/mol. The first kappa shape index (κ1) is 14.4. The molecule has 1 amide bonds. The van der Waals surface area contributed by atoms with Gasteiger partial charge in [0.05, 0.1) is 18.1 Å². The van der Waals surface area contributed by atoms with Crippen molar-refractivity contribution in [1.82, 2.24) is 4.90 Å². The summed E-state index contributed by atoms with van der Waals surface area (Å²) in [5.41, 5.74) is 5.37. The van der Waals surface area contributed by atoms with Gasteiger partial charge in [-0.15, -0.1) is 0 Å². The van der Waals surface area contributed by atoms with E-state index in [4.69, 9.17) is 33.7 Å². The van der Waals surface area contributed by atoms with Crippen LogP contribution in [-0.2, 0) is 4.79 Å². The van der Waals surface area contributed by atoms with Crippen LogP contribution in [0.2, 0.25) is 10.0 Å². The van der Waals surface area contributed by atoms with Crippen LogP contribution in [0.1, 0.15) is 12.8 Å². The lowest BCUT2D eigenvalue weighted by molar-refractivity contribution is -0.132. The summed E-state index contributed by atoms with van der Waals surface area (Å²) in [6.45, 7) is 1.33. The van der Waals surface area contributed by atoms with Crippen LogP contribution >= 0.6 is 23.2 Å². The summed E-state index contributed by atoms with van der Waals surface area (Å²) in [5.74, 6) is 0.550. The van der Waals surface area contributed by atoms with E-state index in [-0.39, 0.29) is 18.6 Å². The Morgan fingerprint density at radius 1 is 1.47 bits per heavy atom. The number of rotatable bonds is 3. The molecule has 1 saturated heterocycles. The highest BCUT2D eigenvalue weighted by molar-refractivity contribution is 6.35. The minimum atomic E-state index is -0.0528. The topological polar surface area (TPSA) is 55.6 Å². The Bertz CT molecular complexity index is 468. The first-order valence-corrected chi connectivity index (χ1v) is 6.95. The lowest BCUT2D eigenvalue weighted by atomic mass is 10.1. The Hall–Kier alpha value is -0.970. The molecule has 1 fully saturated rings. The van der Waals surface area contributed by atoms with Gasteiger partial charge in [-0.3, -0.25) is 4.79 Å². The van der Waals surface area contributed by atoms with Gasteiger partial charge in [-0.2, -0.15) is 0 Å². The van der Waals surface area contributed by atoms with Crippen LogP contribution in [0.25, 0.3) is 0 Å². The molecule has 0 aromatic heterocycles. The quantitative estimate of drug-likeness (QED) is 0.932. The zero-order valence-electron chi connectivity index (χ0n) is 10.4. The third-order valence-electron chi connectivity index (χ3n) is 3.09. The van der Waals surface area contributed by atoms with Crippen molar-refractivity contribution < 1.29 is 9.53 Å². The molecule has 0 saturated carbocycles. The summed E-state index contributed by atoms with van der Waals surface area (Å²) >= 11 is 11.9. The standard InChI is InChI=1S/C13H16Cl2N2O2/c14-9-3-4-12(11(15)6-9)19-10-2-1-5-17(8-10)13(18)7-16/h3-4,6,10H,1-2,5,7-8,16H2. The lowest BCUT2D eigenvalue weighted by Gasteiger charge is -2.32. The van der Waals surface area contributed by atoms with E-state index < -0.39 is 0 Å². The molecule has 2 rings (SSSR count). The summed E-state index contributed by atoms with van der Waals surface area (Å²) in [6, 6.07) is 5.12. The van der Waals surface area contributed by atoms with Crippen molar-refractivity contribution in [1.29, 1.82) is 0 Å². The first-order chi connectivity index (χ1) is 9.10. The van der Waals surface area contributed by atoms with Gasteiger partial charge < -0.3 is 15.4 Å². The molecule has 4 nitrogen and oxygen atoms in total. The fourth-order valence-corrected chi connectivity index (χ4v) is 2.59. The molecular formula is C13H16Cl2N2O2. The van der Waals surface area contributed by atoms with Crippen LogP contribution in [0.3, 0.4) is 0 Å². The number of halogens is 2. The Balaban J connectivity index is 2.00. The summed E-state index contributed by atoms with van der Waals surface area (Å²) in [5, 5.41) is 1.05. The number of benzene rings is 1.